The molecule has 1 aromatic heterocycles. The van der Waals surface area contributed by atoms with Gasteiger partial charge in [0, 0.05) is 31.2 Å². The highest BCUT2D eigenvalue weighted by atomic mass is 16.5. The van der Waals surface area contributed by atoms with Crippen LogP contribution in [-0.4, -0.2) is 49.6 Å². The standard InChI is InChI=1S/C18H30N2O3/c1-4-21-12-16-13-22-10-7-18(16)5-8-20(9-6-18)11-17-14(2)19-23-15(17)3/h16H,4-13H2,1-3H3/t16-/m1/s1. The lowest BCUT2D eigenvalue weighted by Gasteiger charge is -2.49. The van der Waals surface area contributed by atoms with E-state index in [0.29, 0.717) is 11.3 Å². The third-order valence-electron chi connectivity index (χ3n) is 5.87. The summed E-state index contributed by atoms with van der Waals surface area (Å²) in [6.45, 7) is 12.8. The van der Waals surface area contributed by atoms with Gasteiger partial charge < -0.3 is 14.0 Å². The van der Waals surface area contributed by atoms with E-state index in [0.717, 1.165) is 57.5 Å². The summed E-state index contributed by atoms with van der Waals surface area (Å²) in [5, 5.41) is 4.08. The average molecular weight is 322 g/mol. The molecule has 3 heterocycles. The molecule has 3 rings (SSSR count). The minimum Gasteiger partial charge on any atom is -0.381 e. The summed E-state index contributed by atoms with van der Waals surface area (Å²) in [5.74, 6) is 1.51. The maximum absolute atomic E-state index is 5.74. The number of ether oxygens (including phenoxy) is 2. The Kier molecular flexibility index (Phi) is 5.39. The second kappa shape index (κ2) is 7.32. The minimum atomic E-state index is 0.419. The van der Waals surface area contributed by atoms with Crippen molar-refractivity contribution in [1.82, 2.24) is 10.1 Å². The first kappa shape index (κ1) is 16.9. The smallest absolute Gasteiger partial charge is 0.138 e. The second-order valence-corrected chi connectivity index (χ2v) is 7.12. The van der Waals surface area contributed by atoms with Crippen LogP contribution in [0.1, 0.15) is 43.2 Å². The van der Waals surface area contributed by atoms with Crippen molar-refractivity contribution >= 4 is 0 Å². The Balaban J connectivity index is 1.60. The molecule has 1 aromatic rings. The number of nitrogens with zero attached hydrogens (tertiary/aromatic N) is 2. The molecule has 5 heteroatoms. The monoisotopic (exact) mass is 322 g/mol. The molecule has 0 unspecified atom stereocenters. The number of piperidine rings is 1. The zero-order valence-corrected chi connectivity index (χ0v) is 14.8. The van der Waals surface area contributed by atoms with E-state index < -0.39 is 0 Å². The number of rotatable bonds is 5. The molecule has 23 heavy (non-hydrogen) atoms. The van der Waals surface area contributed by atoms with Gasteiger partial charge in [-0.3, -0.25) is 4.90 Å². The summed E-state index contributed by atoms with van der Waals surface area (Å²) < 4.78 is 16.8. The third-order valence-corrected chi connectivity index (χ3v) is 5.87. The molecular weight excluding hydrogens is 292 g/mol. The van der Waals surface area contributed by atoms with Gasteiger partial charge in [-0.15, -0.1) is 0 Å². The molecule has 1 atom stereocenters. The first-order valence-electron chi connectivity index (χ1n) is 8.94. The number of hydrogen-bond donors (Lipinski definition) is 0. The van der Waals surface area contributed by atoms with Crippen molar-refractivity contribution in [1.29, 1.82) is 0 Å². The van der Waals surface area contributed by atoms with Crippen molar-refractivity contribution in [2.24, 2.45) is 11.3 Å². The van der Waals surface area contributed by atoms with Crippen LogP contribution in [0.4, 0.5) is 0 Å². The van der Waals surface area contributed by atoms with E-state index in [1.807, 2.05) is 13.8 Å². The number of hydrogen-bond acceptors (Lipinski definition) is 5. The molecule has 0 amide bonds. The van der Waals surface area contributed by atoms with Gasteiger partial charge >= 0.3 is 0 Å². The predicted molar refractivity (Wildman–Crippen MR) is 88.3 cm³/mol. The van der Waals surface area contributed by atoms with Gasteiger partial charge in [-0.25, -0.2) is 0 Å². The lowest BCUT2D eigenvalue weighted by Crippen LogP contribution is -2.49. The van der Waals surface area contributed by atoms with Crippen LogP contribution in [0.5, 0.6) is 0 Å². The van der Waals surface area contributed by atoms with E-state index in [9.17, 15) is 0 Å². The van der Waals surface area contributed by atoms with E-state index in [2.05, 4.69) is 17.0 Å². The summed E-state index contributed by atoms with van der Waals surface area (Å²) in [4.78, 5) is 2.55. The van der Waals surface area contributed by atoms with E-state index in [1.165, 1.54) is 24.8 Å². The average Bonchev–Trinajstić information content (AvgIpc) is 2.88. The molecule has 2 saturated heterocycles. The Morgan fingerprint density at radius 3 is 2.70 bits per heavy atom. The van der Waals surface area contributed by atoms with Gasteiger partial charge in [-0.2, -0.15) is 0 Å². The third kappa shape index (κ3) is 3.62. The molecular formula is C18H30N2O3. The van der Waals surface area contributed by atoms with Gasteiger partial charge in [0.25, 0.3) is 0 Å². The van der Waals surface area contributed by atoms with Crippen LogP contribution < -0.4 is 0 Å². The van der Waals surface area contributed by atoms with Gasteiger partial charge in [0.05, 0.1) is 18.9 Å². The summed E-state index contributed by atoms with van der Waals surface area (Å²) in [6.07, 6.45) is 3.68. The highest BCUT2D eigenvalue weighted by Crippen LogP contribution is 2.45. The SMILES string of the molecule is CCOC[C@@H]1COCCC12CCN(Cc1c(C)noc1C)CC2. The van der Waals surface area contributed by atoms with Gasteiger partial charge in [0.15, 0.2) is 0 Å². The Labute approximate surface area is 139 Å². The molecule has 0 N–H and O–H groups in total. The lowest BCUT2D eigenvalue weighted by molar-refractivity contribution is -0.0993. The fourth-order valence-electron chi connectivity index (χ4n) is 4.13. The van der Waals surface area contributed by atoms with Crippen LogP contribution in [0.25, 0.3) is 0 Å². The van der Waals surface area contributed by atoms with E-state index in [-0.39, 0.29) is 0 Å². The van der Waals surface area contributed by atoms with Crippen molar-refractivity contribution < 1.29 is 14.0 Å². The van der Waals surface area contributed by atoms with Gasteiger partial charge in [-0.05, 0) is 58.5 Å². The lowest BCUT2D eigenvalue weighted by atomic mass is 9.66. The van der Waals surface area contributed by atoms with Crippen LogP contribution in [-0.2, 0) is 16.0 Å². The van der Waals surface area contributed by atoms with E-state index in [4.69, 9.17) is 14.0 Å². The van der Waals surface area contributed by atoms with Crippen molar-refractivity contribution in [2.45, 2.75) is 46.6 Å². The fourth-order valence-corrected chi connectivity index (χ4v) is 4.13. The maximum Gasteiger partial charge on any atom is 0.138 e. The first-order chi connectivity index (χ1) is 11.1. The Bertz CT molecular complexity index is 487. The Morgan fingerprint density at radius 1 is 1.26 bits per heavy atom. The van der Waals surface area contributed by atoms with Crippen LogP contribution in [0.15, 0.2) is 4.52 Å². The van der Waals surface area contributed by atoms with Gasteiger partial charge in [-0.1, -0.05) is 5.16 Å². The molecule has 0 aromatic carbocycles. The Hall–Kier alpha value is -0.910. The van der Waals surface area contributed by atoms with Crippen LogP contribution in [0.2, 0.25) is 0 Å². The van der Waals surface area contributed by atoms with Crippen LogP contribution >= 0.6 is 0 Å². The zero-order valence-electron chi connectivity index (χ0n) is 14.8. The van der Waals surface area contributed by atoms with Crippen LogP contribution in [0, 0.1) is 25.2 Å². The zero-order chi connectivity index (χ0) is 16.3. The van der Waals surface area contributed by atoms with E-state index in [1.54, 1.807) is 0 Å². The van der Waals surface area contributed by atoms with Crippen molar-refractivity contribution in [3.05, 3.63) is 17.0 Å². The molecule has 0 saturated carbocycles. The van der Waals surface area contributed by atoms with Crippen molar-refractivity contribution in [2.75, 3.05) is 39.5 Å². The maximum atomic E-state index is 5.74. The van der Waals surface area contributed by atoms with Crippen molar-refractivity contribution in [3.8, 4) is 0 Å². The summed E-state index contributed by atoms with van der Waals surface area (Å²) in [6, 6.07) is 0. The molecule has 5 nitrogen and oxygen atoms in total. The number of aromatic nitrogens is 1. The minimum absolute atomic E-state index is 0.419. The summed E-state index contributed by atoms with van der Waals surface area (Å²) in [7, 11) is 0. The van der Waals surface area contributed by atoms with Gasteiger partial charge in [0.2, 0.25) is 0 Å². The van der Waals surface area contributed by atoms with Crippen molar-refractivity contribution in [3.63, 3.8) is 0 Å². The predicted octanol–water partition coefficient (Wildman–Crippen LogP) is 2.95. The highest BCUT2D eigenvalue weighted by molar-refractivity contribution is 5.20. The molecule has 130 valence electrons. The largest absolute Gasteiger partial charge is 0.381 e. The summed E-state index contributed by atoms with van der Waals surface area (Å²) in [5.41, 5.74) is 2.71. The molecule has 2 aliphatic rings. The molecule has 2 fully saturated rings. The molecule has 1 spiro atoms. The number of aryl methyl sites for hydroxylation is 2. The molecule has 0 radical (unpaired) electrons. The Morgan fingerprint density at radius 2 is 2.04 bits per heavy atom. The molecule has 2 aliphatic heterocycles. The fraction of sp³-hybridized carbons (Fsp3) is 0.833. The quantitative estimate of drug-likeness (QED) is 0.834. The first-order valence-corrected chi connectivity index (χ1v) is 8.94. The number of likely N-dealkylation sites (tertiary alicyclic amines) is 1. The molecule has 0 bridgehead atoms. The van der Waals surface area contributed by atoms with Crippen LogP contribution in [0.3, 0.4) is 0 Å². The highest BCUT2D eigenvalue weighted by Gasteiger charge is 2.43. The summed E-state index contributed by atoms with van der Waals surface area (Å²) >= 11 is 0. The normalized spacial score (nSPS) is 25.1. The molecule has 0 aliphatic carbocycles. The topological polar surface area (TPSA) is 47.7 Å². The van der Waals surface area contributed by atoms with Gasteiger partial charge in [0.1, 0.15) is 5.76 Å². The second-order valence-electron chi connectivity index (χ2n) is 7.12. The van der Waals surface area contributed by atoms with E-state index >= 15 is 0 Å².